The number of carboxylic acid groups (broad SMARTS) is 1. The van der Waals surface area contributed by atoms with Gasteiger partial charge in [-0.05, 0) is 12.1 Å². The van der Waals surface area contributed by atoms with Crippen LogP contribution in [-0.2, 0) is 11.0 Å². The molecular formula is C12H10ClF3N2O3. The number of nitrogens with zero attached hydrogens (tertiary/aromatic N) is 1. The van der Waals surface area contributed by atoms with Crippen molar-refractivity contribution < 1.29 is 27.9 Å². The van der Waals surface area contributed by atoms with Gasteiger partial charge in [0.1, 0.15) is 0 Å². The van der Waals surface area contributed by atoms with Crippen LogP contribution in [0.4, 0.5) is 23.7 Å². The predicted molar refractivity (Wildman–Crippen MR) is 68.2 cm³/mol. The van der Waals surface area contributed by atoms with E-state index in [0.717, 1.165) is 17.0 Å². The minimum absolute atomic E-state index is 0.0486. The summed E-state index contributed by atoms with van der Waals surface area (Å²) in [7, 11) is 0. The molecule has 21 heavy (non-hydrogen) atoms. The van der Waals surface area contributed by atoms with Gasteiger partial charge in [-0.15, -0.1) is 0 Å². The van der Waals surface area contributed by atoms with Crippen LogP contribution in [0.3, 0.4) is 0 Å². The minimum atomic E-state index is -4.66. The highest BCUT2D eigenvalue weighted by Crippen LogP contribution is 2.38. The van der Waals surface area contributed by atoms with Gasteiger partial charge in [0, 0.05) is 13.1 Å². The average molecular weight is 323 g/mol. The fourth-order valence-electron chi connectivity index (χ4n) is 1.87. The molecule has 0 radical (unpaired) electrons. The van der Waals surface area contributed by atoms with E-state index in [1.807, 2.05) is 0 Å². The van der Waals surface area contributed by atoms with Crippen LogP contribution < -0.4 is 5.32 Å². The largest absolute Gasteiger partial charge is 0.481 e. The Morgan fingerprint density at radius 1 is 1.33 bits per heavy atom. The molecule has 2 rings (SSSR count). The van der Waals surface area contributed by atoms with Crippen LogP contribution in [0.15, 0.2) is 18.2 Å². The van der Waals surface area contributed by atoms with Gasteiger partial charge < -0.3 is 15.3 Å². The first-order valence-electron chi connectivity index (χ1n) is 5.84. The summed E-state index contributed by atoms with van der Waals surface area (Å²) in [6.07, 6.45) is -4.66. The van der Waals surface area contributed by atoms with Crippen LogP contribution in [0, 0.1) is 5.92 Å². The van der Waals surface area contributed by atoms with E-state index in [0.29, 0.717) is 0 Å². The van der Waals surface area contributed by atoms with Gasteiger partial charge in [0.25, 0.3) is 0 Å². The third-order valence-corrected chi connectivity index (χ3v) is 3.38. The number of likely N-dealkylation sites (tertiary alicyclic amines) is 1. The number of amides is 2. The van der Waals surface area contributed by atoms with Gasteiger partial charge in [0.15, 0.2) is 0 Å². The van der Waals surface area contributed by atoms with Crippen molar-refractivity contribution in [2.24, 2.45) is 5.92 Å². The first-order valence-corrected chi connectivity index (χ1v) is 6.22. The first-order chi connectivity index (χ1) is 9.70. The number of rotatable bonds is 2. The molecule has 0 aliphatic carbocycles. The lowest BCUT2D eigenvalue weighted by Gasteiger charge is -2.36. The van der Waals surface area contributed by atoms with Crippen LogP contribution in [0.2, 0.25) is 5.02 Å². The molecule has 0 aromatic heterocycles. The number of carbonyl (C=O) groups is 2. The summed E-state index contributed by atoms with van der Waals surface area (Å²) in [6.45, 7) is -0.0973. The zero-order valence-corrected chi connectivity index (χ0v) is 11.2. The van der Waals surface area contributed by atoms with Gasteiger partial charge >= 0.3 is 18.2 Å². The summed E-state index contributed by atoms with van der Waals surface area (Å²) in [6, 6.07) is 2.34. The summed E-state index contributed by atoms with van der Waals surface area (Å²) in [5.74, 6) is -1.74. The highest BCUT2D eigenvalue weighted by atomic mass is 35.5. The van der Waals surface area contributed by atoms with Gasteiger partial charge in [-0.25, -0.2) is 4.79 Å². The number of para-hydroxylation sites is 1. The molecule has 0 bridgehead atoms. The molecular weight excluding hydrogens is 313 g/mol. The number of carboxylic acids is 1. The number of nitrogens with one attached hydrogen (secondary N) is 1. The number of carbonyl (C=O) groups excluding carboxylic acids is 1. The van der Waals surface area contributed by atoms with Gasteiger partial charge in [-0.1, -0.05) is 17.7 Å². The third-order valence-electron chi connectivity index (χ3n) is 3.07. The van der Waals surface area contributed by atoms with Gasteiger partial charge in [-0.2, -0.15) is 13.2 Å². The molecule has 1 saturated heterocycles. The summed E-state index contributed by atoms with van der Waals surface area (Å²) in [5.41, 5.74) is -1.59. The second-order valence-electron chi connectivity index (χ2n) is 4.53. The lowest BCUT2D eigenvalue weighted by Crippen LogP contribution is -2.54. The maximum Gasteiger partial charge on any atom is 0.418 e. The molecule has 1 heterocycles. The summed E-state index contributed by atoms with van der Waals surface area (Å²) in [5, 5.41) is 10.5. The van der Waals surface area contributed by atoms with E-state index < -0.39 is 35.3 Å². The Morgan fingerprint density at radius 2 is 1.95 bits per heavy atom. The Hall–Kier alpha value is -1.96. The second kappa shape index (κ2) is 5.44. The molecule has 1 aromatic rings. The molecule has 2 amide bonds. The third kappa shape index (κ3) is 3.21. The smallest absolute Gasteiger partial charge is 0.418 e. The second-order valence-corrected chi connectivity index (χ2v) is 4.94. The van der Waals surface area contributed by atoms with Gasteiger partial charge in [0.05, 0.1) is 22.2 Å². The average Bonchev–Trinajstić information content (AvgIpc) is 2.27. The fraction of sp³-hybridized carbons (Fsp3) is 0.333. The monoisotopic (exact) mass is 322 g/mol. The van der Waals surface area contributed by atoms with Crippen molar-refractivity contribution in [3.05, 3.63) is 28.8 Å². The van der Waals surface area contributed by atoms with E-state index in [1.165, 1.54) is 6.07 Å². The molecule has 0 saturated carbocycles. The number of hydrogen-bond acceptors (Lipinski definition) is 2. The Balaban J connectivity index is 2.14. The van der Waals surface area contributed by atoms with Crippen molar-refractivity contribution in [1.29, 1.82) is 0 Å². The molecule has 1 aliphatic rings. The number of urea groups is 1. The molecule has 0 atom stereocenters. The van der Waals surface area contributed by atoms with Crippen LogP contribution >= 0.6 is 11.6 Å². The van der Waals surface area contributed by atoms with Gasteiger partial charge in [0.2, 0.25) is 0 Å². The van der Waals surface area contributed by atoms with Crippen molar-refractivity contribution in [2.75, 3.05) is 18.4 Å². The Labute approximate surface area is 122 Å². The van der Waals surface area contributed by atoms with E-state index in [9.17, 15) is 22.8 Å². The van der Waals surface area contributed by atoms with Crippen molar-refractivity contribution in [3.63, 3.8) is 0 Å². The molecule has 0 unspecified atom stereocenters. The number of anilines is 1. The molecule has 2 N–H and O–H groups in total. The molecule has 9 heteroatoms. The maximum atomic E-state index is 12.8. The number of hydrogen-bond donors (Lipinski definition) is 2. The van der Waals surface area contributed by atoms with Crippen LogP contribution in [0.1, 0.15) is 5.56 Å². The standard InChI is InChI=1S/C12H10ClF3N2O3/c13-8-3-1-2-7(12(14,15)16)9(8)17-11(21)18-4-6(5-18)10(19)20/h1-3,6H,4-5H2,(H,17,21)(H,19,20). The molecule has 114 valence electrons. The Bertz CT molecular complexity index is 586. The normalized spacial score (nSPS) is 15.5. The Morgan fingerprint density at radius 3 is 2.48 bits per heavy atom. The molecule has 1 aromatic carbocycles. The van der Waals surface area contributed by atoms with Crippen LogP contribution in [-0.4, -0.2) is 35.1 Å². The van der Waals surface area contributed by atoms with Crippen LogP contribution in [0.5, 0.6) is 0 Å². The van der Waals surface area contributed by atoms with Crippen molar-refractivity contribution >= 4 is 29.3 Å². The van der Waals surface area contributed by atoms with Crippen LogP contribution in [0.25, 0.3) is 0 Å². The van der Waals surface area contributed by atoms with Crippen molar-refractivity contribution in [1.82, 2.24) is 4.90 Å². The minimum Gasteiger partial charge on any atom is -0.481 e. The predicted octanol–water partition coefficient (Wildman–Crippen LogP) is 2.91. The highest BCUT2D eigenvalue weighted by molar-refractivity contribution is 6.33. The SMILES string of the molecule is O=C(O)C1CN(C(=O)Nc2c(Cl)cccc2C(F)(F)F)C1. The van der Waals surface area contributed by atoms with E-state index in [-0.39, 0.29) is 18.1 Å². The lowest BCUT2D eigenvalue weighted by atomic mass is 10.0. The summed E-state index contributed by atoms with van der Waals surface area (Å²) < 4.78 is 38.5. The lowest BCUT2D eigenvalue weighted by molar-refractivity contribution is -0.146. The molecule has 0 spiro atoms. The number of aliphatic carboxylic acids is 1. The zero-order valence-electron chi connectivity index (χ0n) is 10.4. The quantitative estimate of drug-likeness (QED) is 0.879. The fourth-order valence-corrected chi connectivity index (χ4v) is 2.10. The zero-order chi connectivity index (χ0) is 15.8. The molecule has 1 fully saturated rings. The molecule has 1 aliphatic heterocycles. The van der Waals surface area contributed by atoms with Crippen molar-refractivity contribution in [2.45, 2.75) is 6.18 Å². The number of alkyl halides is 3. The van der Waals surface area contributed by atoms with E-state index in [1.54, 1.807) is 0 Å². The van der Waals surface area contributed by atoms with E-state index >= 15 is 0 Å². The molecule has 5 nitrogen and oxygen atoms in total. The van der Waals surface area contributed by atoms with Crippen molar-refractivity contribution in [3.8, 4) is 0 Å². The maximum absolute atomic E-state index is 12.8. The summed E-state index contributed by atoms with van der Waals surface area (Å²) in [4.78, 5) is 23.5. The first kappa shape index (κ1) is 15.4. The number of halogens is 4. The number of benzene rings is 1. The van der Waals surface area contributed by atoms with Gasteiger partial charge in [-0.3, -0.25) is 4.79 Å². The highest BCUT2D eigenvalue weighted by Gasteiger charge is 2.38. The Kier molecular flexibility index (Phi) is 3.99. The summed E-state index contributed by atoms with van der Waals surface area (Å²) >= 11 is 5.70. The van der Waals surface area contributed by atoms with E-state index in [4.69, 9.17) is 16.7 Å². The topological polar surface area (TPSA) is 69.6 Å². The van der Waals surface area contributed by atoms with E-state index in [2.05, 4.69) is 5.32 Å².